The van der Waals surface area contributed by atoms with Gasteiger partial charge < -0.3 is 55.1 Å². The molecule has 0 aromatic heterocycles. The summed E-state index contributed by atoms with van der Waals surface area (Å²) in [5, 5.41) is 75.7. The molecule has 1 aliphatic heterocycles. The Balaban J connectivity index is 2.91. The molecule has 0 spiro atoms. The van der Waals surface area contributed by atoms with Gasteiger partial charge in [-0.1, -0.05) is 0 Å². The van der Waals surface area contributed by atoms with Crippen molar-refractivity contribution < 1.29 is 55.1 Å². The van der Waals surface area contributed by atoms with Crippen molar-refractivity contribution in [2.45, 2.75) is 55.1 Å². The molecule has 11 nitrogen and oxygen atoms in total. The van der Waals surface area contributed by atoms with E-state index in [0.717, 1.165) is 0 Å². The number of ether oxygens (including phenoxy) is 2. The largest absolute Gasteiger partial charge is 0.394 e. The summed E-state index contributed by atoms with van der Waals surface area (Å²) >= 11 is 0. The number of hydrogen-bond donors (Lipinski definition) is 8. The first-order valence-corrected chi connectivity index (χ1v) is 6.84. The zero-order valence-corrected chi connectivity index (χ0v) is 12.0. The first-order chi connectivity index (χ1) is 10.8. The van der Waals surface area contributed by atoms with Crippen molar-refractivity contribution >= 4 is 6.29 Å². The van der Waals surface area contributed by atoms with E-state index < -0.39 is 68.3 Å². The second-order valence-electron chi connectivity index (χ2n) is 5.17. The molecule has 0 aromatic rings. The van der Waals surface area contributed by atoms with E-state index in [1.807, 2.05) is 0 Å². The zero-order chi connectivity index (χ0) is 17.7. The predicted octanol–water partition coefficient (Wildman–Crippen LogP) is -5.55. The Bertz CT molecular complexity index is 365. The normalized spacial score (nSPS) is 37.0. The van der Waals surface area contributed by atoms with E-state index in [-0.39, 0.29) is 6.29 Å². The van der Waals surface area contributed by atoms with Gasteiger partial charge in [-0.15, -0.1) is 0 Å². The number of aliphatic hydroxyl groups is 8. The lowest BCUT2D eigenvalue weighted by atomic mass is 9.98. The maximum atomic E-state index is 10.5. The van der Waals surface area contributed by atoms with E-state index in [2.05, 4.69) is 0 Å². The first-order valence-electron chi connectivity index (χ1n) is 6.84. The van der Waals surface area contributed by atoms with Crippen LogP contribution in [0.15, 0.2) is 0 Å². The number of aliphatic hydroxyl groups excluding tert-OH is 8. The second kappa shape index (κ2) is 8.94. The Morgan fingerprint density at radius 1 is 1.04 bits per heavy atom. The molecule has 0 unspecified atom stereocenters. The number of carbonyl (C=O) groups excluding carboxylic acids is 1. The van der Waals surface area contributed by atoms with Gasteiger partial charge in [-0.3, -0.25) is 0 Å². The molecule has 23 heavy (non-hydrogen) atoms. The van der Waals surface area contributed by atoms with Crippen LogP contribution < -0.4 is 0 Å². The van der Waals surface area contributed by atoms with Crippen LogP contribution in [0.2, 0.25) is 0 Å². The maximum Gasteiger partial charge on any atom is 0.187 e. The number of carbonyl (C=O) groups is 1. The molecular weight excluding hydrogens is 320 g/mol. The van der Waals surface area contributed by atoms with Crippen LogP contribution in [0.4, 0.5) is 0 Å². The zero-order valence-electron chi connectivity index (χ0n) is 12.0. The van der Waals surface area contributed by atoms with Crippen molar-refractivity contribution in [3.8, 4) is 0 Å². The second-order valence-corrected chi connectivity index (χ2v) is 5.17. The van der Waals surface area contributed by atoms with Gasteiger partial charge >= 0.3 is 0 Å². The molecule has 0 aliphatic carbocycles. The van der Waals surface area contributed by atoms with Crippen LogP contribution in [0.1, 0.15) is 0 Å². The summed E-state index contributed by atoms with van der Waals surface area (Å²) < 4.78 is 10.1. The molecule has 11 heteroatoms. The van der Waals surface area contributed by atoms with Crippen LogP contribution >= 0.6 is 0 Å². The van der Waals surface area contributed by atoms with Crippen LogP contribution in [0.3, 0.4) is 0 Å². The van der Waals surface area contributed by atoms with Gasteiger partial charge in [-0.2, -0.15) is 0 Å². The van der Waals surface area contributed by atoms with Crippen LogP contribution in [0, 0.1) is 0 Å². The molecule has 1 fully saturated rings. The molecule has 1 saturated heterocycles. The topological polar surface area (TPSA) is 197 Å². The van der Waals surface area contributed by atoms with Gasteiger partial charge in [0.05, 0.1) is 13.2 Å². The molecule has 0 saturated carbocycles. The van der Waals surface area contributed by atoms with E-state index >= 15 is 0 Å². The average Bonchev–Trinajstić information content (AvgIpc) is 2.57. The van der Waals surface area contributed by atoms with Crippen molar-refractivity contribution in [3.63, 3.8) is 0 Å². The summed E-state index contributed by atoms with van der Waals surface area (Å²) in [6, 6.07) is 0. The SMILES string of the molecule is O=C[C@H](O)[C@@H](O)[C@H](O[C@@H]1O[C@H](CO)[C@H](O)[C@@H](O)[C@H]1O)[C@H](O)CO. The molecule has 0 aromatic carbocycles. The van der Waals surface area contributed by atoms with Crippen molar-refractivity contribution in [1.82, 2.24) is 0 Å². The van der Waals surface area contributed by atoms with E-state index in [0.29, 0.717) is 0 Å². The Morgan fingerprint density at radius 3 is 2.13 bits per heavy atom. The van der Waals surface area contributed by atoms with Gasteiger partial charge in [0.1, 0.15) is 48.8 Å². The van der Waals surface area contributed by atoms with Gasteiger partial charge in [0, 0.05) is 0 Å². The Hall–Kier alpha value is -0.730. The van der Waals surface area contributed by atoms with E-state index in [4.69, 9.17) is 19.7 Å². The van der Waals surface area contributed by atoms with E-state index in [1.54, 1.807) is 0 Å². The number of aldehydes is 1. The van der Waals surface area contributed by atoms with Gasteiger partial charge in [0.2, 0.25) is 0 Å². The highest BCUT2D eigenvalue weighted by atomic mass is 16.7. The fraction of sp³-hybridized carbons (Fsp3) is 0.917. The van der Waals surface area contributed by atoms with Crippen molar-refractivity contribution in [2.24, 2.45) is 0 Å². The minimum absolute atomic E-state index is 0.0294. The summed E-state index contributed by atoms with van der Waals surface area (Å²) in [4.78, 5) is 10.5. The van der Waals surface area contributed by atoms with Gasteiger partial charge in [-0.25, -0.2) is 0 Å². The summed E-state index contributed by atoms with van der Waals surface area (Å²) in [6.07, 6.45) is -15.7. The highest BCUT2D eigenvalue weighted by Crippen LogP contribution is 2.24. The highest BCUT2D eigenvalue weighted by molar-refractivity contribution is 5.56. The molecule has 0 amide bonds. The fourth-order valence-corrected chi connectivity index (χ4v) is 2.11. The summed E-state index contributed by atoms with van der Waals surface area (Å²) in [7, 11) is 0. The molecule has 1 rings (SSSR count). The minimum atomic E-state index is -1.97. The standard InChI is InChI=1S/C12H22O11/c13-1-4(16)7(18)11(5(17)2-14)23-12-10(21)9(20)8(19)6(3-15)22-12/h1,4-12,14-21H,2-3H2/t4-,5+,6+,7+,8-,9+,10+,11+,12-/m0/s1. The third kappa shape index (κ3) is 4.64. The van der Waals surface area contributed by atoms with Crippen molar-refractivity contribution in [1.29, 1.82) is 0 Å². The molecular formula is C12H22O11. The highest BCUT2D eigenvalue weighted by Gasteiger charge is 2.46. The monoisotopic (exact) mass is 342 g/mol. The molecule has 8 N–H and O–H groups in total. The lowest BCUT2D eigenvalue weighted by molar-refractivity contribution is -0.326. The fourth-order valence-electron chi connectivity index (χ4n) is 2.11. The summed E-state index contributed by atoms with van der Waals surface area (Å²) in [6.45, 7) is -1.64. The third-order valence-electron chi connectivity index (χ3n) is 3.53. The number of hydrogen-bond acceptors (Lipinski definition) is 11. The van der Waals surface area contributed by atoms with E-state index in [1.165, 1.54) is 0 Å². The molecule has 0 bridgehead atoms. The molecule has 136 valence electrons. The van der Waals surface area contributed by atoms with Crippen LogP contribution in [-0.2, 0) is 14.3 Å². The summed E-state index contributed by atoms with van der Waals surface area (Å²) in [5.41, 5.74) is 0. The third-order valence-corrected chi connectivity index (χ3v) is 3.53. The molecule has 1 aliphatic rings. The van der Waals surface area contributed by atoms with Crippen molar-refractivity contribution in [2.75, 3.05) is 13.2 Å². The lowest BCUT2D eigenvalue weighted by Gasteiger charge is -2.42. The smallest absolute Gasteiger partial charge is 0.187 e. The molecule has 0 radical (unpaired) electrons. The van der Waals surface area contributed by atoms with Gasteiger partial charge in [0.15, 0.2) is 12.6 Å². The Kier molecular flexibility index (Phi) is 7.89. The summed E-state index contributed by atoms with van der Waals surface area (Å²) in [5.74, 6) is 0. The Labute approximate surface area is 130 Å². The van der Waals surface area contributed by atoms with E-state index in [9.17, 15) is 35.4 Å². The van der Waals surface area contributed by atoms with Gasteiger partial charge in [0.25, 0.3) is 0 Å². The quantitative estimate of drug-likeness (QED) is 0.196. The van der Waals surface area contributed by atoms with Crippen LogP contribution in [-0.4, -0.2) is 115 Å². The first kappa shape index (κ1) is 20.3. The predicted molar refractivity (Wildman–Crippen MR) is 69.8 cm³/mol. The maximum absolute atomic E-state index is 10.5. The van der Waals surface area contributed by atoms with Crippen LogP contribution in [0.5, 0.6) is 0 Å². The van der Waals surface area contributed by atoms with Gasteiger partial charge in [-0.05, 0) is 0 Å². The number of rotatable bonds is 8. The van der Waals surface area contributed by atoms with Crippen LogP contribution in [0.25, 0.3) is 0 Å². The van der Waals surface area contributed by atoms with Crippen molar-refractivity contribution in [3.05, 3.63) is 0 Å². The Morgan fingerprint density at radius 2 is 1.65 bits per heavy atom. The minimum Gasteiger partial charge on any atom is -0.394 e. The lowest BCUT2D eigenvalue weighted by Crippen LogP contribution is -2.61. The molecule has 9 atom stereocenters. The molecule has 1 heterocycles. The average molecular weight is 342 g/mol.